The van der Waals surface area contributed by atoms with Crippen LogP contribution in [0, 0.1) is 6.92 Å². The molecule has 3 heterocycles. The zero-order valence-corrected chi connectivity index (χ0v) is 19.8. The summed E-state index contributed by atoms with van der Waals surface area (Å²) in [6.07, 6.45) is 2.15. The Morgan fingerprint density at radius 3 is 2.65 bits per heavy atom. The zero-order valence-electron chi connectivity index (χ0n) is 19.0. The van der Waals surface area contributed by atoms with Gasteiger partial charge in [-0.05, 0) is 37.6 Å². The maximum absolute atomic E-state index is 13.1. The Hall–Kier alpha value is -3.97. The molecule has 5 aromatic rings. The highest BCUT2D eigenvalue weighted by molar-refractivity contribution is 7.13. The van der Waals surface area contributed by atoms with Crippen molar-refractivity contribution in [1.82, 2.24) is 14.4 Å². The predicted octanol–water partition coefficient (Wildman–Crippen LogP) is 6.01. The molecule has 6 nitrogen and oxygen atoms in total. The van der Waals surface area contributed by atoms with Gasteiger partial charge in [-0.1, -0.05) is 48.5 Å². The lowest BCUT2D eigenvalue weighted by molar-refractivity contribution is -0.115. The van der Waals surface area contributed by atoms with Gasteiger partial charge in [0.15, 0.2) is 0 Å². The number of nitrogens with zero attached hydrogens (tertiary/aromatic N) is 3. The first kappa shape index (κ1) is 21.9. The lowest BCUT2D eigenvalue weighted by Crippen LogP contribution is -2.16. The van der Waals surface area contributed by atoms with Crippen LogP contribution in [0.4, 0.5) is 5.82 Å². The molecule has 0 atom stereocenters. The summed E-state index contributed by atoms with van der Waals surface area (Å²) in [6, 6.07) is 21.7. The summed E-state index contributed by atoms with van der Waals surface area (Å²) in [5.74, 6) is 1.31. The van der Waals surface area contributed by atoms with Gasteiger partial charge in [0.1, 0.15) is 27.9 Å². The summed E-state index contributed by atoms with van der Waals surface area (Å²) in [4.78, 5) is 22.6. The molecule has 0 spiro atoms. The maximum atomic E-state index is 13.1. The normalized spacial score (nSPS) is 11.0. The van der Waals surface area contributed by atoms with Crippen LogP contribution in [0.5, 0.6) is 5.75 Å². The molecule has 2 aromatic carbocycles. The van der Waals surface area contributed by atoms with Crippen molar-refractivity contribution in [2.75, 3.05) is 11.9 Å². The van der Waals surface area contributed by atoms with Crippen LogP contribution in [0.25, 0.3) is 27.5 Å². The lowest BCUT2D eigenvalue weighted by Gasteiger charge is -2.08. The van der Waals surface area contributed by atoms with Crippen molar-refractivity contribution < 1.29 is 9.53 Å². The number of rotatable bonds is 7. The molecule has 0 saturated carbocycles. The topological polar surface area (TPSA) is 68.5 Å². The number of hydrogen-bond donors (Lipinski definition) is 1. The Labute approximate surface area is 201 Å². The summed E-state index contributed by atoms with van der Waals surface area (Å²) < 4.78 is 7.67. The largest absolute Gasteiger partial charge is 0.493 e. The maximum Gasteiger partial charge on any atom is 0.231 e. The van der Waals surface area contributed by atoms with Gasteiger partial charge in [0.25, 0.3) is 0 Å². The van der Waals surface area contributed by atoms with Crippen molar-refractivity contribution in [3.8, 4) is 27.6 Å². The summed E-state index contributed by atoms with van der Waals surface area (Å²) >= 11 is 1.51. The molecule has 170 valence electrons. The van der Waals surface area contributed by atoms with Gasteiger partial charge in [0.2, 0.25) is 5.91 Å². The molecule has 7 heteroatoms. The van der Waals surface area contributed by atoms with Crippen molar-refractivity contribution in [2.45, 2.75) is 20.3 Å². The van der Waals surface area contributed by atoms with Crippen molar-refractivity contribution >= 4 is 28.7 Å². The summed E-state index contributed by atoms with van der Waals surface area (Å²) in [6.45, 7) is 4.56. The number of benzene rings is 2. The third-order valence-corrected chi connectivity index (χ3v) is 6.31. The van der Waals surface area contributed by atoms with Crippen molar-refractivity contribution in [2.24, 2.45) is 0 Å². The molecule has 0 bridgehead atoms. The van der Waals surface area contributed by atoms with Crippen LogP contribution in [0.1, 0.15) is 18.2 Å². The summed E-state index contributed by atoms with van der Waals surface area (Å²) in [5.41, 5.74) is 5.20. The van der Waals surface area contributed by atoms with Gasteiger partial charge in [0, 0.05) is 17.1 Å². The van der Waals surface area contributed by atoms with Gasteiger partial charge in [-0.25, -0.2) is 9.97 Å². The lowest BCUT2D eigenvalue weighted by atomic mass is 10.1. The molecular weight excluding hydrogens is 444 g/mol. The number of carbonyl (C=O) groups excluding carboxylic acids is 1. The average molecular weight is 469 g/mol. The fraction of sp³-hybridized carbons (Fsp3) is 0.148. The first-order valence-corrected chi connectivity index (χ1v) is 12.0. The average Bonchev–Trinajstić information content (AvgIpc) is 3.45. The highest BCUT2D eigenvalue weighted by atomic mass is 32.1. The number of ether oxygens (including phenoxy) is 1. The number of pyridine rings is 1. The number of aromatic nitrogens is 3. The molecule has 0 aliphatic rings. The Morgan fingerprint density at radius 1 is 1.03 bits per heavy atom. The predicted molar refractivity (Wildman–Crippen MR) is 136 cm³/mol. The van der Waals surface area contributed by atoms with E-state index in [1.807, 2.05) is 96.6 Å². The van der Waals surface area contributed by atoms with E-state index in [2.05, 4.69) is 5.32 Å². The minimum atomic E-state index is -0.143. The SMILES string of the molecule is CCOc1ccccc1-c1nc(CC(=O)Nc2c(-c3ccccc3)nc3ccc(C)cn23)cs1. The summed E-state index contributed by atoms with van der Waals surface area (Å²) in [7, 11) is 0. The second-order valence-electron chi connectivity index (χ2n) is 7.91. The van der Waals surface area contributed by atoms with E-state index in [-0.39, 0.29) is 12.3 Å². The highest BCUT2D eigenvalue weighted by Crippen LogP contribution is 2.33. The smallest absolute Gasteiger partial charge is 0.231 e. The van der Waals surface area contributed by atoms with Crippen LogP contribution in [0.2, 0.25) is 0 Å². The van der Waals surface area contributed by atoms with Crippen molar-refractivity contribution in [1.29, 1.82) is 0 Å². The molecule has 3 aromatic heterocycles. The van der Waals surface area contributed by atoms with E-state index in [0.29, 0.717) is 12.4 Å². The monoisotopic (exact) mass is 468 g/mol. The number of aryl methyl sites for hydroxylation is 1. The second kappa shape index (κ2) is 9.49. The Kier molecular flexibility index (Phi) is 6.10. The minimum Gasteiger partial charge on any atom is -0.493 e. The van der Waals surface area contributed by atoms with Crippen LogP contribution >= 0.6 is 11.3 Å². The molecule has 0 saturated heterocycles. The second-order valence-corrected chi connectivity index (χ2v) is 8.77. The van der Waals surface area contributed by atoms with E-state index in [9.17, 15) is 4.79 Å². The molecule has 1 N–H and O–H groups in total. The van der Waals surface area contributed by atoms with Crippen LogP contribution in [-0.4, -0.2) is 26.9 Å². The minimum absolute atomic E-state index is 0.143. The van der Waals surface area contributed by atoms with Gasteiger partial charge in [-0.15, -0.1) is 11.3 Å². The van der Waals surface area contributed by atoms with Crippen LogP contribution in [-0.2, 0) is 11.2 Å². The van der Waals surface area contributed by atoms with E-state index >= 15 is 0 Å². The third-order valence-electron chi connectivity index (χ3n) is 5.38. The number of anilines is 1. The third kappa shape index (κ3) is 4.43. The number of para-hydroxylation sites is 1. The van der Waals surface area contributed by atoms with E-state index in [0.717, 1.165) is 44.5 Å². The molecule has 0 radical (unpaired) electrons. The fourth-order valence-corrected chi connectivity index (χ4v) is 4.69. The summed E-state index contributed by atoms with van der Waals surface area (Å²) in [5, 5.41) is 5.85. The molecule has 0 aliphatic heterocycles. The number of fused-ring (bicyclic) bond motifs is 1. The molecule has 0 unspecified atom stereocenters. The number of thiazole rings is 1. The highest BCUT2D eigenvalue weighted by Gasteiger charge is 2.18. The number of amides is 1. The first-order chi connectivity index (χ1) is 16.6. The number of hydrogen-bond acceptors (Lipinski definition) is 5. The molecule has 5 rings (SSSR count). The van der Waals surface area contributed by atoms with Gasteiger partial charge in [0.05, 0.1) is 24.3 Å². The van der Waals surface area contributed by atoms with Crippen LogP contribution in [0.3, 0.4) is 0 Å². The van der Waals surface area contributed by atoms with Crippen LogP contribution in [0.15, 0.2) is 78.3 Å². The van der Waals surface area contributed by atoms with Gasteiger partial charge in [-0.3, -0.25) is 9.20 Å². The number of carbonyl (C=O) groups is 1. The van der Waals surface area contributed by atoms with E-state index in [1.165, 1.54) is 11.3 Å². The van der Waals surface area contributed by atoms with E-state index in [1.54, 1.807) is 0 Å². The van der Waals surface area contributed by atoms with E-state index in [4.69, 9.17) is 14.7 Å². The zero-order chi connectivity index (χ0) is 23.5. The first-order valence-electron chi connectivity index (χ1n) is 11.1. The van der Waals surface area contributed by atoms with Gasteiger partial charge >= 0.3 is 0 Å². The van der Waals surface area contributed by atoms with E-state index < -0.39 is 0 Å². The standard InChI is InChI=1S/C27H24N4O2S/c1-3-33-22-12-8-7-11-21(22)27-28-20(17-34-27)15-24(32)30-26-25(19-9-5-4-6-10-19)29-23-14-13-18(2)16-31(23)26/h4-14,16-17H,3,15H2,1-2H3,(H,30,32). The van der Waals surface area contributed by atoms with Crippen molar-refractivity contribution in [3.63, 3.8) is 0 Å². The fourth-order valence-electron chi connectivity index (χ4n) is 3.84. The quantitative estimate of drug-likeness (QED) is 0.317. The molecular formula is C27H24N4O2S. The molecule has 34 heavy (non-hydrogen) atoms. The van der Waals surface area contributed by atoms with Crippen LogP contribution < -0.4 is 10.1 Å². The number of imidazole rings is 1. The molecule has 0 aliphatic carbocycles. The van der Waals surface area contributed by atoms with Gasteiger partial charge < -0.3 is 10.1 Å². The Bertz CT molecular complexity index is 1460. The van der Waals surface area contributed by atoms with Crippen molar-refractivity contribution in [3.05, 3.63) is 89.6 Å². The Morgan fingerprint density at radius 2 is 1.82 bits per heavy atom. The van der Waals surface area contributed by atoms with Gasteiger partial charge in [-0.2, -0.15) is 0 Å². The molecule has 1 amide bonds. The Balaban J connectivity index is 1.42. The number of nitrogens with one attached hydrogen (secondary N) is 1. The molecule has 0 fully saturated rings.